The van der Waals surface area contributed by atoms with E-state index in [4.69, 9.17) is 9.47 Å². The van der Waals surface area contributed by atoms with Crippen molar-refractivity contribution in [2.45, 2.75) is 19.3 Å². The monoisotopic (exact) mass is 251 g/mol. The highest BCUT2D eigenvalue weighted by Crippen LogP contribution is 2.41. The molecule has 2 rings (SSSR count). The lowest BCUT2D eigenvalue weighted by Gasteiger charge is -2.40. The van der Waals surface area contributed by atoms with Crippen LogP contribution >= 0.6 is 0 Å². The van der Waals surface area contributed by atoms with Crippen LogP contribution in [0.3, 0.4) is 0 Å². The van der Waals surface area contributed by atoms with Crippen molar-refractivity contribution < 1.29 is 14.6 Å². The number of methoxy groups -OCH3 is 2. The number of ether oxygens (including phenoxy) is 2. The van der Waals surface area contributed by atoms with Crippen LogP contribution in [-0.4, -0.2) is 32.5 Å². The highest BCUT2D eigenvalue weighted by Gasteiger charge is 2.36. The lowest BCUT2D eigenvalue weighted by molar-refractivity contribution is 0.0576. The van der Waals surface area contributed by atoms with Gasteiger partial charge in [0.1, 0.15) is 11.5 Å². The molecule has 1 aliphatic carbocycles. The maximum atomic E-state index is 9.45. The Bertz CT molecular complexity index is 397. The van der Waals surface area contributed by atoms with Gasteiger partial charge in [-0.2, -0.15) is 0 Å². The second-order valence-electron chi connectivity index (χ2n) is 4.93. The number of rotatable bonds is 6. The molecule has 1 fully saturated rings. The van der Waals surface area contributed by atoms with Crippen LogP contribution in [0.2, 0.25) is 0 Å². The first-order valence-corrected chi connectivity index (χ1v) is 6.30. The topological polar surface area (TPSA) is 50.7 Å². The van der Waals surface area contributed by atoms with Gasteiger partial charge in [-0.25, -0.2) is 0 Å². The Balaban J connectivity index is 2.07. The van der Waals surface area contributed by atoms with Gasteiger partial charge in [-0.05, 0) is 25.0 Å². The van der Waals surface area contributed by atoms with Crippen LogP contribution in [0.4, 0.5) is 5.69 Å². The Kier molecular flexibility index (Phi) is 3.97. The third kappa shape index (κ3) is 2.53. The van der Waals surface area contributed by atoms with Crippen LogP contribution in [0.15, 0.2) is 18.2 Å². The largest absolute Gasteiger partial charge is 0.497 e. The maximum absolute atomic E-state index is 9.45. The van der Waals surface area contributed by atoms with E-state index in [1.54, 1.807) is 14.2 Å². The van der Waals surface area contributed by atoms with E-state index >= 15 is 0 Å². The summed E-state index contributed by atoms with van der Waals surface area (Å²) < 4.78 is 10.5. The molecule has 2 N–H and O–H groups in total. The molecule has 0 bridgehead atoms. The van der Waals surface area contributed by atoms with Gasteiger partial charge in [-0.3, -0.25) is 0 Å². The number of hydrogen-bond donors (Lipinski definition) is 2. The van der Waals surface area contributed by atoms with E-state index in [1.807, 2.05) is 18.2 Å². The quantitative estimate of drug-likeness (QED) is 0.814. The van der Waals surface area contributed by atoms with Crippen LogP contribution in [0.1, 0.15) is 19.3 Å². The molecule has 1 saturated carbocycles. The molecule has 0 atom stereocenters. The SMILES string of the molecule is COc1ccc(OC)c(NCC2(CO)CCC2)c1. The number of nitrogens with one attached hydrogen (secondary N) is 1. The minimum atomic E-state index is 0.0497. The van der Waals surface area contributed by atoms with Gasteiger partial charge in [0.05, 0.1) is 26.5 Å². The zero-order chi connectivity index (χ0) is 13.0. The molecule has 4 nitrogen and oxygen atoms in total. The highest BCUT2D eigenvalue weighted by atomic mass is 16.5. The van der Waals surface area contributed by atoms with Crippen molar-refractivity contribution >= 4 is 5.69 Å². The van der Waals surface area contributed by atoms with Gasteiger partial charge in [-0.15, -0.1) is 0 Å². The van der Waals surface area contributed by atoms with Crippen LogP contribution in [0, 0.1) is 5.41 Å². The van der Waals surface area contributed by atoms with Crippen molar-refractivity contribution in [3.05, 3.63) is 18.2 Å². The third-order valence-corrected chi connectivity index (χ3v) is 3.81. The van der Waals surface area contributed by atoms with Crippen molar-refractivity contribution in [3.63, 3.8) is 0 Å². The fraction of sp³-hybridized carbons (Fsp3) is 0.571. The first kappa shape index (κ1) is 13.0. The molecule has 0 aliphatic heterocycles. The van der Waals surface area contributed by atoms with E-state index < -0.39 is 0 Å². The summed E-state index contributed by atoms with van der Waals surface area (Å²) in [5, 5.41) is 12.8. The van der Waals surface area contributed by atoms with E-state index in [2.05, 4.69) is 5.32 Å². The zero-order valence-corrected chi connectivity index (χ0v) is 11.0. The predicted octanol–water partition coefficient (Wildman–Crippen LogP) is 2.28. The van der Waals surface area contributed by atoms with Gasteiger partial charge in [0.15, 0.2) is 0 Å². The molecular weight excluding hydrogens is 230 g/mol. The second kappa shape index (κ2) is 5.48. The molecule has 1 aromatic carbocycles. The number of hydrogen-bond acceptors (Lipinski definition) is 4. The van der Waals surface area contributed by atoms with E-state index in [0.29, 0.717) is 0 Å². The van der Waals surface area contributed by atoms with Crippen molar-refractivity contribution in [2.75, 3.05) is 32.7 Å². The first-order valence-electron chi connectivity index (χ1n) is 6.30. The molecule has 0 unspecified atom stereocenters. The third-order valence-electron chi connectivity index (χ3n) is 3.81. The molecule has 0 amide bonds. The molecule has 0 aromatic heterocycles. The van der Waals surface area contributed by atoms with Crippen molar-refractivity contribution in [2.24, 2.45) is 5.41 Å². The van der Waals surface area contributed by atoms with Crippen molar-refractivity contribution in [3.8, 4) is 11.5 Å². The fourth-order valence-corrected chi connectivity index (χ4v) is 2.30. The Morgan fingerprint density at radius 2 is 2.06 bits per heavy atom. The second-order valence-corrected chi connectivity index (χ2v) is 4.93. The Morgan fingerprint density at radius 3 is 2.56 bits per heavy atom. The van der Waals surface area contributed by atoms with Crippen LogP contribution in [-0.2, 0) is 0 Å². The summed E-state index contributed by atoms with van der Waals surface area (Å²) in [4.78, 5) is 0. The van der Waals surface area contributed by atoms with Crippen LogP contribution < -0.4 is 14.8 Å². The Hall–Kier alpha value is -1.42. The standard InChI is InChI=1S/C14H21NO3/c1-17-11-4-5-13(18-2)12(8-11)15-9-14(10-16)6-3-7-14/h4-5,8,15-16H,3,6-7,9-10H2,1-2H3. The molecule has 18 heavy (non-hydrogen) atoms. The maximum Gasteiger partial charge on any atom is 0.142 e. The van der Waals surface area contributed by atoms with Crippen molar-refractivity contribution in [1.29, 1.82) is 0 Å². The number of anilines is 1. The average Bonchev–Trinajstić information content (AvgIpc) is 2.37. The molecule has 0 spiro atoms. The van der Waals surface area contributed by atoms with Crippen LogP contribution in [0.5, 0.6) is 11.5 Å². The minimum absolute atomic E-state index is 0.0497. The molecule has 0 saturated heterocycles. The summed E-state index contributed by atoms with van der Waals surface area (Å²) in [7, 11) is 3.30. The molecule has 0 heterocycles. The van der Waals surface area contributed by atoms with Gasteiger partial charge in [-0.1, -0.05) is 6.42 Å². The fourth-order valence-electron chi connectivity index (χ4n) is 2.30. The smallest absolute Gasteiger partial charge is 0.142 e. The van der Waals surface area contributed by atoms with Gasteiger partial charge in [0, 0.05) is 18.0 Å². The number of aliphatic hydroxyl groups excluding tert-OH is 1. The lowest BCUT2D eigenvalue weighted by atomic mass is 9.69. The summed E-state index contributed by atoms with van der Waals surface area (Å²) in [5.74, 6) is 1.59. The van der Waals surface area contributed by atoms with E-state index in [-0.39, 0.29) is 12.0 Å². The van der Waals surface area contributed by atoms with Gasteiger partial charge in [0.25, 0.3) is 0 Å². The van der Waals surface area contributed by atoms with Gasteiger partial charge in [0.2, 0.25) is 0 Å². The number of benzene rings is 1. The lowest BCUT2D eigenvalue weighted by Crippen LogP contribution is -2.39. The molecule has 100 valence electrons. The summed E-state index contributed by atoms with van der Waals surface area (Å²) >= 11 is 0. The normalized spacial score (nSPS) is 16.8. The number of aliphatic hydroxyl groups is 1. The van der Waals surface area contributed by atoms with Gasteiger partial charge >= 0.3 is 0 Å². The molecule has 1 aliphatic rings. The summed E-state index contributed by atoms with van der Waals surface area (Å²) in [6.07, 6.45) is 3.38. The molecule has 1 aromatic rings. The Labute approximate surface area is 108 Å². The molecule has 0 radical (unpaired) electrons. The van der Waals surface area contributed by atoms with Crippen molar-refractivity contribution in [1.82, 2.24) is 0 Å². The van der Waals surface area contributed by atoms with Crippen LogP contribution in [0.25, 0.3) is 0 Å². The van der Waals surface area contributed by atoms with E-state index in [1.165, 1.54) is 6.42 Å². The van der Waals surface area contributed by atoms with Gasteiger partial charge < -0.3 is 19.9 Å². The Morgan fingerprint density at radius 1 is 1.28 bits per heavy atom. The summed E-state index contributed by atoms with van der Waals surface area (Å²) in [5.41, 5.74) is 0.963. The van der Waals surface area contributed by atoms with E-state index in [0.717, 1.165) is 36.6 Å². The molecule has 4 heteroatoms. The minimum Gasteiger partial charge on any atom is -0.497 e. The summed E-state index contributed by atoms with van der Waals surface area (Å²) in [6.45, 7) is 1.01. The molecular formula is C14H21NO3. The van der Waals surface area contributed by atoms with E-state index in [9.17, 15) is 5.11 Å². The highest BCUT2D eigenvalue weighted by molar-refractivity contribution is 5.59. The average molecular weight is 251 g/mol. The predicted molar refractivity (Wildman–Crippen MR) is 71.4 cm³/mol. The zero-order valence-electron chi connectivity index (χ0n) is 11.0. The summed E-state index contributed by atoms with van der Waals surface area (Å²) in [6, 6.07) is 5.67. The first-order chi connectivity index (χ1) is 8.73.